The maximum Gasteiger partial charge on any atom is 0.245 e. The van der Waals surface area contributed by atoms with Gasteiger partial charge in [0.25, 0.3) is 0 Å². The molecule has 0 fully saturated rings. The number of benzene rings is 1. The molecule has 6 heteroatoms. The van der Waals surface area contributed by atoms with E-state index in [1.165, 1.54) is 12.1 Å². The Kier molecular flexibility index (Phi) is 5.05. The van der Waals surface area contributed by atoms with Crippen molar-refractivity contribution in [2.45, 2.75) is 18.2 Å². The first-order valence-corrected chi connectivity index (χ1v) is 7.05. The van der Waals surface area contributed by atoms with E-state index in [0.29, 0.717) is 6.42 Å². The van der Waals surface area contributed by atoms with Crippen molar-refractivity contribution in [2.75, 3.05) is 13.1 Å². The third-order valence-electron chi connectivity index (χ3n) is 2.45. The highest BCUT2D eigenvalue weighted by Crippen LogP contribution is 2.22. The Morgan fingerprint density at radius 2 is 2.16 bits per heavy atom. The molecule has 1 rings (SSSR count). The highest BCUT2D eigenvalue weighted by atomic mass is 32.2. The lowest BCUT2D eigenvalue weighted by molar-refractivity contribution is 0.445. The van der Waals surface area contributed by atoms with Gasteiger partial charge in [-0.2, -0.15) is 9.57 Å². The van der Waals surface area contributed by atoms with Crippen molar-refractivity contribution in [2.24, 2.45) is 0 Å². The molecule has 4 nitrogen and oxygen atoms in total. The summed E-state index contributed by atoms with van der Waals surface area (Å²) in [6.07, 6.45) is 5.71. The summed E-state index contributed by atoms with van der Waals surface area (Å²) in [5, 5.41) is 8.89. The molecule has 0 N–H and O–H groups in total. The van der Waals surface area contributed by atoms with Gasteiger partial charge in [0, 0.05) is 6.54 Å². The molecule has 100 valence electrons. The van der Waals surface area contributed by atoms with Gasteiger partial charge in [0.05, 0.1) is 6.54 Å². The standard InChI is InChI=1S/C13H13FN2O2S/c1-3-8-16(9-4-2)19(17,18)13-7-5-6-12(14)11(13)10-15/h1,5-7H,4,8-9H2,2H3. The first-order chi connectivity index (χ1) is 8.98. The van der Waals surface area contributed by atoms with Gasteiger partial charge in [-0.15, -0.1) is 6.42 Å². The van der Waals surface area contributed by atoms with E-state index in [1.807, 2.05) is 0 Å². The lowest BCUT2D eigenvalue weighted by Crippen LogP contribution is -2.32. The van der Waals surface area contributed by atoms with Crippen LogP contribution in [0.2, 0.25) is 0 Å². The van der Waals surface area contributed by atoms with E-state index >= 15 is 0 Å². The van der Waals surface area contributed by atoms with Crippen molar-refractivity contribution in [3.63, 3.8) is 0 Å². The van der Waals surface area contributed by atoms with Crippen LogP contribution in [0.25, 0.3) is 0 Å². The molecule has 0 aromatic heterocycles. The van der Waals surface area contributed by atoms with Crippen LogP contribution < -0.4 is 0 Å². The van der Waals surface area contributed by atoms with Gasteiger partial charge in [0.2, 0.25) is 10.0 Å². The van der Waals surface area contributed by atoms with Crippen molar-refractivity contribution in [3.05, 3.63) is 29.6 Å². The number of rotatable bonds is 5. The Bertz CT molecular complexity index is 642. The van der Waals surface area contributed by atoms with Gasteiger partial charge in [-0.3, -0.25) is 0 Å². The Balaban J connectivity index is 3.39. The summed E-state index contributed by atoms with van der Waals surface area (Å²) in [6.45, 7) is 1.90. The molecular formula is C13H13FN2O2S. The molecule has 0 aliphatic carbocycles. The largest absolute Gasteiger partial charge is 0.245 e. The average molecular weight is 280 g/mol. The third-order valence-corrected chi connectivity index (χ3v) is 4.33. The maximum atomic E-state index is 13.5. The lowest BCUT2D eigenvalue weighted by Gasteiger charge is -2.19. The van der Waals surface area contributed by atoms with Crippen molar-refractivity contribution in [1.29, 1.82) is 5.26 Å². The summed E-state index contributed by atoms with van der Waals surface area (Å²) in [4.78, 5) is -0.348. The number of hydrogen-bond acceptors (Lipinski definition) is 3. The van der Waals surface area contributed by atoms with E-state index in [-0.39, 0.29) is 18.0 Å². The SMILES string of the molecule is C#CCN(CCC)S(=O)(=O)c1cccc(F)c1C#N. The molecule has 0 heterocycles. The van der Waals surface area contributed by atoms with Crippen LogP contribution in [-0.2, 0) is 10.0 Å². The topological polar surface area (TPSA) is 61.2 Å². The molecule has 0 amide bonds. The minimum absolute atomic E-state index is 0.114. The Morgan fingerprint density at radius 1 is 1.47 bits per heavy atom. The molecule has 0 spiro atoms. The minimum Gasteiger partial charge on any atom is -0.207 e. The summed E-state index contributed by atoms with van der Waals surface area (Å²) >= 11 is 0. The lowest BCUT2D eigenvalue weighted by atomic mass is 10.2. The number of sulfonamides is 1. The van der Waals surface area contributed by atoms with Gasteiger partial charge in [-0.05, 0) is 18.6 Å². The minimum atomic E-state index is -3.96. The Labute approximate surface area is 112 Å². The zero-order chi connectivity index (χ0) is 14.5. The molecule has 0 radical (unpaired) electrons. The van der Waals surface area contributed by atoms with Crippen molar-refractivity contribution in [3.8, 4) is 18.4 Å². The van der Waals surface area contributed by atoms with Crippen LogP contribution in [0.5, 0.6) is 0 Å². The predicted octanol–water partition coefficient (Wildman–Crippen LogP) is 1.73. The van der Waals surface area contributed by atoms with Crippen LogP contribution in [0.15, 0.2) is 23.1 Å². The van der Waals surface area contributed by atoms with Crippen LogP contribution in [0, 0.1) is 29.5 Å². The van der Waals surface area contributed by atoms with Crippen LogP contribution in [-0.4, -0.2) is 25.8 Å². The fraction of sp³-hybridized carbons (Fsp3) is 0.308. The molecule has 0 atom stereocenters. The number of halogens is 1. The summed E-state index contributed by atoms with van der Waals surface area (Å²) in [7, 11) is -3.96. The van der Waals surface area contributed by atoms with Gasteiger partial charge in [-0.1, -0.05) is 18.9 Å². The molecule has 1 aromatic carbocycles. The van der Waals surface area contributed by atoms with Gasteiger partial charge >= 0.3 is 0 Å². The molecule has 0 saturated carbocycles. The maximum absolute atomic E-state index is 13.5. The molecule has 0 unspecified atom stereocenters. The van der Waals surface area contributed by atoms with Crippen LogP contribution in [0.1, 0.15) is 18.9 Å². The van der Waals surface area contributed by atoms with E-state index in [0.717, 1.165) is 10.4 Å². The molecular weight excluding hydrogens is 267 g/mol. The van der Waals surface area contributed by atoms with E-state index in [1.54, 1.807) is 13.0 Å². The first-order valence-electron chi connectivity index (χ1n) is 5.61. The molecule has 0 bridgehead atoms. The Morgan fingerprint density at radius 3 is 2.68 bits per heavy atom. The zero-order valence-corrected chi connectivity index (χ0v) is 11.2. The molecule has 0 saturated heterocycles. The van der Waals surface area contributed by atoms with Crippen molar-refractivity contribution in [1.82, 2.24) is 4.31 Å². The fourth-order valence-electron chi connectivity index (χ4n) is 1.60. The zero-order valence-electron chi connectivity index (χ0n) is 10.4. The highest BCUT2D eigenvalue weighted by molar-refractivity contribution is 7.89. The quantitative estimate of drug-likeness (QED) is 0.772. The van der Waals surface area contributed by atoms with Crippen LogP contribution in [0.3, 0.4) is 0 Å². The van der Waals surface area contributed by atoms with Gasteiger partial charge in [0.1, 0.15) is 22.3 Å². The van der Waals surface area contributed by atoms with Gasteiger partial charge in [0.15, 0.2) is 0 Å². The van der Waals surface area contributed by atoms with E-state index in [4.69, 9.17) is 11.7 Å². The van der Waals surface area contributed by atoms with Crippen LogP contribution >= 0.6 is 0 Å². The van der Waals surface area contributed by atoms with Crippen molar-refractivity contribution >= 4 is 10.0 Å². The van der Waals surface area contributed by atoms with E-state index < -0.39 is 21.4 Å². The van der Waals surface area contributed by atoms with Gasteiger partial charge < -0.3 is 0 Å². The number of nitrogens with zero attached hydrogens (tertiary/aromatic N) is 2. The molecule has 1 aromatic rings. The normalized spacial score (nSPS) is 11.0. The molecule has 0 aliphatic rings. The predicted molar refractivity (Wildman–Crippen MR) is 69.0 cm³/mol. The Hall–Kier alpha value is -1.89. The number of hydrogen-bond donors (Lipinski definition) is 0. The number of nitriles is 1. The van der Waals surface area contributed by atoms with Crippen molar-refractivity contribution < 1.29 is 12.8 Å². The average Bonchev–Trinajstić information content (AvgIpc) is 2.38. The summed E-state index contributed by atoms with van der Waals surface area (Å²) in [5.74, 6) is 1.39. The molecule has 0 aliphatic heterocycles. The molecule has 19 heavy (non-hydrogen) atoms. The first kappa shape index (κ1) is 15.2. The highest BCUT2D eigenvalue weighted by Gasteiger charge is 2.27. The fourth-order valence-corrected chi connectivity index (χ4v) is 3.20. The van der Waals surface area contributed by atoms with E-state index in [2.05, 4.69) is 5.92 Å². The second-order valence-corrected chi connectivity index (χ2v) is 5.67. The van der Waals surface area contributed by atoms with Crippen LogP contribution in [0.4, 0.5) is 4.39 Å². The summed E-state index contributed by atoms with van der Waals surface area (Å²) in [6, 6.07) is 5.08. The second-order valence-electron chi connectivity index (χ2n) is 3.77. The number of terminal acetylenes is 1. The van der Waals surface area contributed by atoms with E-state index in [9.17, 15) is 12.8 Å². The summed E-state index contributed by atoms with van der Waals surface area (Å²) < 4.78 is 39.2. The second kappa shape index (κ2) is 6.33. The smallest absolute Gasteiger partial charge is 0.207 e. The monoisotopic (exact) mass is 280 g/mol. The third kappa shape index (κ3) is 3.11. The summed E-state index contributed by atoms with van der Waals surface area (Å²) in [5.41, 5.74) is -0.486. The van der Waals surface area contributed by atoms with Gasteiger partial charge in [-0.25, -0.2) is 12.8 Å².